The highest BCUT2D eigenvalue weighted by Gasteiger charge is 2.19. The molecule has 1 aromatic carbocycles. The summed E-state index contributed by atoms with van der Waals surface area (Å²) in [6.07, 6.45) is 2.69. The molecule has 1 aliphatic rings. The van der Waals surface area contributed by atoms with Crippen LogP contribution in [0.5, 0.6) is 0 Å². The smallest absolute Gasteiger partial charge is 0.226 e. The Morgan fingerprint density at radius 3 is 2.57 bits per heavy atom. The van der Waals surface area contributed by atoms with Crippen molar-refractivity contribution < 1.29 is 9.59 Å². The van der Waals surface area contributed by atoms with E-state index < -0.39 is 0 Å². The third-order valence-electron chi connectivity index (χ3n) is 4.00. The predicted octanol–water partition coefficient (Wildman–Crippen LogP) is 2.10. The van der Waals surface area contributed by atoms with Crippen molar-refractivity contribution >= 4 is 29.9 Å². The maximum Gasteiger partial charge on any atom is 0.226 e. The minimum atomic E-state index is -0.0461. The van der Waals surface area contributed by atoms with Gasteiger partial charge in [-0.15, -0.1) is 12.4 Å². The SMILES string of the molecule is CNCC(C)C(=O)NCc1ccc(N2CCCCC2=O)cc1.Cl. The van der Waals surface area contributed by atoms with Crippen LogP contribution in [0.4, 0.5) is 5.69 Å². The van der Waals surface area contributed by atoms with Crippen LogP contribution in [0.2, 0.25) is 0 Å². The quantitative estimate of drug-likeness (QED) is 0.834. The molecule has 1 unspecified atom stereocenters. The Morgan fingerprint density at radius 1 is 1.26 bits per heavy atom. The number of piperidine rings is 1. The molecule has 0 saturated carbocycles. The maximum atomic E-state index is 11.9. The fraction of sp³-hybridized carbons (Fsp3) is 0.529. The minimum Gasteiger partial charge on any atom is -0.352 e. The zero-order chi connectivity index (χ0) is 15.9. The number of anilines is 1. The maximum absolute atomic E-state index is 11.9. The van der Waals surface area contributed by atoms with E-state index in [-0.39, 0.29) is 30.1 Å². The average Bonchev–Trinajstić information content (AvgIpc) is 2.54. The number of nitrogens with one attached hydrogen (secondary N) is 2. The molecule has 1 atom stereocenters. The molecule has 0 aromatic heterocycles. The molecule has 0 bridgehead atoms. The number of benzene rings is 1. The second kappa shape index (κ2) is 9.53. The number of hydrogen-bond donors (Lipinski definition) is 2. The first-order chi connectivity index (χ1) is 10.6. The lowest BCUT2D eigenvalue weighted by atomic mass is 10.1. The summed E-state index contributed by atoms with van der Waals surface area (Å²) in [5.41, 5.74) is 1.99. The molecule has 128 valence electrons. The molecule has 1 aromatic rings. The topological polar surface area (TPSA) is 61.4 Å². The summed E-state index contributed by atoms with van der Waals surface area (Å²) in [5, 5.41) is 5.93. The molecule has 5 nitrogen and oxygen atoms in total. The summed E-state index contributed by atoms with van der Waals surface area (Å²) in [7, 11) is 1.84. The van der Waals surface area contributed by atoms with Gasteiger partial charge in [0.1, 0.15) is 0 Å². The van der Waals surface area contributed by atoms with Crippen LogP contribution in [-0.4, -0.2) is 32.0 Å². The van der Waals surface area contributed by atoms with Crippen LogP contribution >= 0.6 is 12.4 Å². The fourth-order valence-electron chi connectivity index (χ4n) is 2.63. The molecule has 1 saturated heterocycles. The lowest BCUT2D eigenvalue weighted by Gasteiger charge is -2.26. The molecular weight excluding hydrogens is 314 g/mol. The number of hydrogen-bond acceptors (Lipinski definition) is 3. The van der Waals surface area contributed by atoms with Crippen LogP contribution in [0.1, 0.15) is 31.7 Å². The van der Waals surface area contributed by atoms with Crippen LogP contribution in [0.3, 0.4) is 0 Å². The Balaban J connectivity index is 0.00000264. The van der Waals surface area contributed by atoms with Gasteiger partial charge in [0.2, 0.25) is 11.8 Å². The largest absolute Gasteiger partial charge is 0.352 e. The fourth-order valence-corrected chi connectivity index (χ4v) is 2.63. The summed E-state index contributed by atoms with van der Waals surface area (Å²) in [6.45, 7) is 3.89. The molecule has 0 spiro atoms. The van der Waals surface area contributed by atoms with Crippen molar-refractivity contribution in [1.82, 2.24) is 10.6 Å². The Bertz CT molecular complexity index is 519. The molecule has 1 aliphatic heterocycles. The normalized spacial score (nSPS) is 15.7. The van der Waals surface area contributed by atoms with Crippen molar-refractivity contribution in [3.05, 3.63) is 29.8 Å². The Kier molecular flexibility index (Phi) is 8.06. The van der Waals surface area contributed by atoms with E-state index in [9.17, 15) is 9.59 Å². The first-order valence-electron chi connectivity index (χ1n) is 7.93. The third-order valence-corrected chi connectivity index (χ3v) is 4.00. The van der Waals surface area contributed by atoms with E-state index in [0.29, 0.717) is 19.5 Å². The van der Waals surface area contributed by atoms with Crippen LogP contribution in [0.15, 0.2) is 24.3 Å². The highest BCUT2D eigenvalue weighted by molar-refractivity contribution is 5.93. The van der Waals surface area contributed by atoms with Crippen LogP contribution in [0.25, 0.3) is 0 Å². The molecule has 2 N–H and O–H groups in total. The van der Waals surface area contributed by atoms with Gasteiger partial charge in [0.15, 0.2) is 0 Å². The van der Waals surface area contributed by atoms with Gasteiger partial charge in [0.25, 0.3) is 0 Å². The zero-order valence-electron chi connectivity index (χ0n) is 13.8. The van der Waals surface area contributed by atoms with Gasteiger partial charge in [-0.2, -0.15) is 0 Å². The van der Waals surface area contributed by atoms with Crippen molar-refractivity contribution in [3.63, 3.8) is 0 Å². The number of carbonyl (C=O) groups excluding carboxylic acids is 2. The Labute approximate surface area is 144 Å². The summed E-state index contributed by atoms with van der Waals surface area (Å²) in [4.78, 5) is 25.6. The van der Waals surface area contributed by atoms with Crippen molar-refractivity contribution in [2.45, 2.75) is 32.7 Å². The number of rotatable bonds is 6. The molecular formula is C17H26ClN3O2. The third kappa shape index (κ3) is 5.52. The summed E-state index contributed by atoms with van der Waals surface area (Å²) < 4.78 is 0. The standard InChI is InChI=1S/C17H25N3O2.ClH/c1-13(11-18-2)17(22)19-12-14-6-8-15(9-7-14)20-10-4-3-5-16(20)21;/h6-9,13,18H,3-5,10-12H2,1-2H3,(H,19,22);1H. The van der Waals surface area contributed by atoms with E-state index in [4.69, 9.17) is 0 Å². The zero-order valence-corrected chi connectivity index (χ0v) is 14.6. The summed E-state index contributed by atoms with van der Waals surface area (Å²) in [5.74, 6) is 0.202. The van der Waals surface area contributed by atoms with Gasteiger partial charge in [0.05, 0.1) is 0 Å². The van der Waals surface area contributed by atoms with Gasteiger partial charge >= 0.3 is 0 Å². The predicted molar refractivity (Wildman–Crippen MR) is 94.8 cm³/mol. The molecule has 1 heterocycles. The van der Waals surface area contributed by atoms with E-state index in [1.807, 2.05) is 43.1 Å². The van der Waals surface area contributed by atoms with Gasteiger partial charge in [-0.25, -0.2) is 0 Å². The van der Waals surface area contributed by atoms with Gasteiger partial charge in [-0.3, -0.25) is 9.59 Å². The highest BCUT2D eigenvalue weighted by Crippen LogP contribution is 2.21. The first kappa shape index (κ1) is 19.5. The van der Waals surface area contributed by atoms with Crippen molar-refractivity contribution in [1.29, 1.82) is 0 Å². The number of nitrogens with zero attached hydrogens (tertiary/aromatic N) is 1. The van der Waals surface area contributed by atoms with Crippen LogP contribution in [0, 0.1) is 5.92 Å². The molecule has 0 radical (unpaired) electrons. The molecule has 23 heavy (non-hydrogen) atoms. The van der Waals surface area contributed by atoms with E-state index in [1.165, 1.54) is 0 Å². The van der Waals surface area contributed by atoms with E-state index in [2.05, 4.69) is 10.6 Å². The highest BCUT2D eigenvalue weighted by atomic mass is 35.5. The van der Waals surface area contributed by atoms with Crippen molar-refractivity contribution in [2.75, 3.05) is 25.0 Å². The van der Waals surface area contributed by atoms with Gasteiger partial charge in [0, 0.05) is 37.7 Å². The number of amides is 2. The minimum absolute atomic E-state index is 0. The Morgan fingerprint density at radius 2 is 1.96 bits per heavy atom. The van der Waals surface area contributed by atoms with E-state index >= 15 is 0 Å². The number of halogens is 1. The van der Waals surface area contributed by atoms with Crippen LogP contribution < -0.4 is 15.5 Å². The number of carbonyl (C=O) groups is 2. The second-order valence-electron chi connectivity index (χ2n) is 5.85. The summed E-state index contributed by atoms with van der Waals surface area (Å²) in [6, 6.07) is 7.87. The molecule has 0 aliphatic carbocycles. The van der Waals surface area contributed by atoms with E-state index in [0.717, 1.165) is 30.6 Å². The average molecular weight is 340 g/mol. The lowest BCUT2D eigenvalue weighted by molar-refractivity contribution is -0.124. The Hall–Kier alpha value is -1.59. The monoisotopic (exact) mass is 339 g/mol. The second-order valence-corrected chi connectivity index (χ2v) is 5.85. The van der Waals surface area contributed by atoms with Gasteiger partial charge in [-0.1, -0.05) is 19.1 Å². The molecule has 2 rings (SSSR count). The molecule has 1 fully saturated rings. The van der Waals surface area contributed by atoms with E-state index in [1.54, 1.807) is 0 Å². The molecule has 6 heteroatoms. The molecule has 2 amide bonds. The van der Waals surface area contributed by atoms with Gasteiger partial charge < -0.3 is 15.5 Å². The first-order valence-corrected chi connectivity index (χ1v) is 7.93. The summed E-state index contributed by atoms with van der Waals surface area (Å²) >= 11 is 0. The van der Waals surface area contributed by atoms with Crippen LogP contribution in [-0.2, 0) is 16.1 Å². The van der Waals surface area contributed by atoms with Crippen molar-refractivity contribution in [3.8, 4) is 0 Å². The van der Waals surface area contributed by atoms with Gasteiger partial charge in [-0.05, 0) is 37.6 Å². The van der Waals surface area contributed by atoms with Crippen molar-refractivity contribution in [2.24, 2.45) is 5.92 Å². The lowest BCUT2D eigenvalue weighted by Crippen LogP contribution is -2.35.